The maximum absolute atomic E-state index is 4.03. The first-order valence-electron chi connectivity index (χ1n) is 6.97. The van der Waals surface area contributed by atoms with Gasteiger partial charge in [-0.05, 0) is 37.6 Å². The van der Waals surface area contributed by atoms with Crippen LogP contribution in [0.5, 0.6) is 0 Å². The molecule has 1 aromatic rings. The normalized spacial score (nSPS) is 16.6. The molecule has 1 aliphatic rings. The highest BCUT2D eigenvalue weighted by Gasteiger charge is 2.04. The zero-order valence-corrected chi connectivity index (χ0v) is 12.2. The molecule has 1 aliphatic heterocycles. The van der Waals surface area contributed by atoms with Crippen molar-refractivity contribution in [2.24, 2.45) is 0 Å². The number of thioether (sulfide) groups is 1. The quantitative estimate of drug-likeness (QED) is 0.661. The van der Waals surface area contributed by atoms with E-state index in [0.717, 1.165) is 11.4 Å². The summed E-state index contributed by atoms with van der Waals surface area (Å²) in [5, 5.41) is 0. The van der Waals surface area contributed by atoms with E-state index in [-0.39, 0.29) is 0 Å². The lowest BCUT2D eigenvalue weighted by Crippen LogP contribution is -2.40. The molecule has 102 valence electrons. The lowest BCUT2D eigenvalue weighted by Gasteiger charge is -2.24. The molecule has 0 saturated carbocycles. The first-order valence-corrected chi connectivity index (χ1v) is 7.96. The van der Waals surface area contributed by atoms with E-state index in [2.05, 4.69) is 53.3 Å². The van der Waals surface area contributed by atoms with E-state index in [1.54, 1.807) is 0 Å². The first-order chi connectivity index (χ1) is 9.36. The molecule has 1 saturated heterocycles. The number of allylic oxidation sites excluding steroid dienone is 2. The summed E-state index contributed by atoms with van der Waals surface area (Å²) in [7, 11) is 0. The highest BCUT2D eigenvalue weighted by atomic mass is 32.2. The van der Waals surface area contributed by atoms with Crippen molar-refractivity contribution in [1.29, 1.82) is 0 Å². The number of quaternary nitrogens is 1. The zero-order valence-electron chi connectivity index (χ0n) is 11.4. The summed E-state index contributed by atoms with van der Waals surface area (Å²) >= 11 is 1.84. The van der Waals surface area contributed by atoms with Crippen LogP contribution in [-0.2, 0) is 0 Å². The smallest absolute Gasteiger partial charge is 0.141 e. The van der Waals surface area contributed by atoms with Gasteiger partial charge < -0.3 is 10.6 Å². The Kier molecular flexibility index (Phi) is 6.05. The summed E-state index contributed by atoms with van der Waals surface area (Å²) in [6, 6.07) is 8.29. The Labute approximate surface area is 120 Å². The second-order valence-corrected chi connectivity index (χ2v) is 5.85. The molecule has 0 amide bonds. The Morgan fingerprint density at radius 3 is 2.68 bits per heavy atom. The average Bonchev–Trinajstić information content (AvgIpc) is 2.45. The van der Waals surface area contributed by atoms with Crippen LogP contribution in [0.15, 0.2) is 53.6 Å². The summed E-state index contributed by atoms with van der Waals surface area (Å²) < 4.78 is 0. The van der Waals surface area contributed by atoms with E-state index in [9.17, 15) is 0 Å². The lowest BCUT2D eigenvalue weighted by molar-refractivity contribution is -0.258. The van der Waals surface area contributed by atoms with Gasteiger partial charge in [-0.15, -0.1) is 11.8 Å². The molecule has 3 heteroatoms. The number of likely N-dealkylation sites (tertiary alicyclic amines) is 1. The van der Waals surface area contributed by atoms with E-state index in [1.807, 2.05) is 17.8 Å². The lowest BCUT2D eigenvalue weighted by atomic mass is 10.1. The van der Waals surface area contributed by atoms with Crippen molar-refractivity contribution < 1.29 is 5.73 Å². The fourth-order valence-electron chi connectivity index (χ4n) is 2.16. The minimum absolute atomic E-state index is 0.997. The molecule has 0 bridgehead atoms. The Balaban J connectivity index is 1.69. The van der Waals surface area contributed by atoms with Crippen LogP contribution in [0.2, 0.25) is 0 Å². The van der Waals surface area contributed by atoms with Crippen LogP contribution in [0.4, 0.5) is 5.69 Å². The minimum atomic E-state index is 0.997. The van der Waals surface area contributed by atoms with Gasteiger partial charge in [0.25, 0.3) is 0 Å². The van der Waals surface area contributed by atoms with E-state index in [1.165, 1.54) is 37.2 Å². The zero-order chi connectivity index (χ0) is 13.3. The van der Waals surface area contributed by atoms with Crippen LogP contribution in [0.25, 0.3) is 0 Å². The molecular weight excluding hydrogens is 252 g/mol. The number of rotatable bonds is 5. The molecular formula is C16H23N2S+. The Hall–Kier alpha value is -1.19. The molecule has 2 nitrogen and oxygen atoms in total. The summed E-state index contributed by atoms with van der Waals surface area (Å²) in [4.78, 5) is 3.68. The Morgan fingerprint density at radius 2 is 1.89 bits per heavy atom. The van der Waals surface area contributed by atoms with Gasteiger partial charge in [0, 0.05) is 24.9 Å². The van der Waals surface area contributed by atoms with E-state index in [0.29, 0.717) is 0 Å². The van der Waals surface area contributed by atoms with Gasteiger partial charge in [-0.1, -0.05) is 24.3 Å². The Morgan fingerprint density at radius 1 is 1.11 bits per heavy atom. The molecule has 3 N–H and O–H groups in total. The summed E-state index contributed by atoms with van der Waals surface area (Å²) in [6.45, 7) is 2.43. The number of benzene rings is 1. The molecule has 19 heavy (non-hydrogen) atoms. The van der Waals surface area contributed by atoms with Crippen molar-refractivity contribution >= 4 is 17.4 Å². The van der Waals surface area contributed by atoms with E-state index >= 15 is 0 Å². The number of nitrogens with zero attached hydrogens (tertiary/aromatic N) is 1. The third-order valence-electron chi connectivity index (χ3n) is 3.24. The van der Waals surface area contributed by atoms with Crippen LogP contribution < -0.4 is 5.73 Å². The van der Waals surface area contributed by atoms with Crippen molar-refractivity contribution in [3.05, 3.63) is 48.7 Å². The van der Waals surface area contributed by atoms with Gasteiger partial charge in [0.05, 0.1) is 4.90 Å². The van der Waals surface area contributed by atoms with Gasteiger partial charge >= 0.3 is 0 Å². The predicted octanol–water partition coefficient (Wildman–Crippen LogP) is 3.21. The monoisotopic (exact) mass is 275 g/mol. The predicted molar refractivity (Wildman–Crippen MR) is 83.4 cm³/mol. The average molecular weight is 275 g/mol. The van der Waals surface area contributed by atoms with Crippen LogP contribution in [0, 0.1) is 0 Å². The number of hydrogen-bond donors (Lipinski definition) is 1. The molecule has 1 fully saturated rings. The van der Waals surface area contributed by atoms with Gasteiger partial charge in [0.15, 0.2) is 0 Å². The van der Waals surface area contributed by atoms with Crippen molar-refractivity contribution in [3.8, 4) is 0 Å². The van der Waals surface area contributed by atoms with Gasteiger partial charge in [0.2, 0.25) is 0 Å². The molecule has 0 spiro atoms. The van der Waals surface area contributed by atoms with Crippen molar-refractivity contribution in [3.63, 3.8) is 0 Å². The fraction of sp³-hybridized carbons (Fsp3) is 0.375. The number of hydrogen-bond acceptors (Lipinski definition) is 2. The molecule has 0 aliphatic carbocycles. The van der Waals surface area contributed by atoms with Gasteiger partial charge in [-0.3, -0.25) is 0 Å². The molecule has 0 radical (unpaired) electrons. The fourth-order valence-corrected chi connectivity index (χ4v) is 2.97. The molecule has 1 aromatic carbocycles. The third kappa shape index (κ3) is 5.13. The standard InChI is InChI=1S/C16H22N2S/c17-15-9-3-4-10-16(15)19-14-8-2-7-13-18-11-5-1-6-12-18/h2-4,7-10,13H,1,5-6,11-12,14,17H2/p+1/b8-2+,13-7+. The molecule has 1 heterocycles. The first kappa shape index (κ1) is 14.2. The Bertz CT molecular complexity index is 434. The van der Waals surface area contributed by atoms with Gasteiger partial charge in [0.1, 0.15) is 5.69 Å². The van der Waals surface area contributed by atoms with Crippen molar-refractivity contribution in [2.75, 3.05) is 18.8 Å². The molecule has 0 atom stereocenters. The molecule has 0 unspecified atom stereocenters. The molecule has 0 aromatic heterocycles. The van der Waals surface area contributed by atoms with Crippen molar-refractivity contribution in [2.45, 2.75) is 24.2 Å². The second kappa shape index (κ2) is 8.08. The van der Waals surface area contributed by atoms with Crippen LogP contribution in [0.1, 0.15) is 19.3 Å². The van der Waals surface area contributed by atoms with Gasteiger partial charge in [-0.25, -0.2) is 0 Å². The van der Waals surface area contributed by atoms with E-state index < -0.39 is 0 Å². The largest absolute Gasteiger partial charge is 0.377 e. The minimum Gasteiger partial charge on any atom is -0.377 e. The van der Waals surface area contributed by atoms with Crippen LogP contribution >= 0.6 is 11.8 Å². The summed E-state index contributed by atoms with van der Waals surface area (Å²) in [5.74, 6) is 0.997. The number of piperidine rings is 1. The SMILES string of the molecule is [NH3+]c1ccccc1SC/C=C/C=C/N1CCCCC1. The maximum Gasteiger partial charge on any atom is 0.141 e. The third-order valence-corrected chi connectivity index (χ3v) is 4.31. The summed E-state index contributed by atoms with van der Waals surface area (Å²) in [5.41, 5.74) is 5.15. The van der Waals surface area contributed by atoms with Crippen LogP contribution in [0.3, 0.4) is 0 Å². The van der Waals surface area contributed by atoms with E-state index in [4.69, 9.17) is 0 Å². The van der Waals surface area contributed by atoms with Crippen LogP contribution in [-0.4, -0.2) is 23.7 Å². The topological polar surface area (TPSA) is 30.9 Å². The van der Waals surface area contributed by atoms with Gasteiger partial charge in [-0.2, -0.15) is 0 Å². The summed E-state index contributed by atoms with van der Waals surface area (Å²) in [6.07, 6.45) is 12.8. The maximum atomic E-state index is 4.03. The highest BCUT2D eigenvalue weighted by Crippen LogP contribution is 2.22. The second-order valence-electron chi connectivity index (χ2n) is 4.79. The van der Waals surface area contributed by atoms with Crippen molar-refractivity contribution in [1.82, 2.24) is 4.90 Å². The molecule has 2 rings (SSSR count). The highest BCUT2D eigenvalue weighted by molar-refractivity contribution is 7.99.